The summed E-state index contributed by atoms with van der Waals surface area (Å²) in [6, 6.07) is 7.42. The van der Waals surface area contributed by atoms with Crippen LogP contribution in [-0.2, 0) is 6.54 Å². The lowest BCUT2D eigenvalue weighted by atomic mass is 10.2. The van der Waals surface area contributed by atoms with E-state index < -0.39 is 6.10 Å². The number of terminal acetylenes is 1. The molecule has 1 unspecified atom stereocenters. The molecule has 2 N–H and O–H groups in total. The molecule has 4 rings (SSSR count). The molecule has 1 fully saturated rings. The van der Waals surface area contributed by atoms with E-state index in [4.69, 9.17) is 11.2 Å². The van der Waals surface area contributed by atoms with Gasteiger partial charge in [0.05, 0.1) is 15.5 Å². The molecule has 5 nitrogen and oxygen atoms in total. The van der Waals surface area contributed by atoms with Gasteiger partial charge in [0, 0.05) is 12.7 Å². The molecule has 122 valence electrons. The van der Waals surface area contributed by atoms with E-state index in [1.807, 2.05) is 12.1 Å². The van der Waals surface area contributed by atoms with Gasteiger partial charge in [-0.3, -0.25) is 14.8 Å². The van der Waals surface area contributed by atoms with Crippen LogP contribution in [0.3, 0.4) is 0 Å². The SMILES string of the molecule is C#CC(O)c1ncccc1Oc1ccc2c([nH]n2CC2CC2)c1Br. The summed E-state index contributed by atoms with van der Waals surface area (Å²) in [7, 11) is 0. The second kappa shape index (κ2) is 6.00. The minimum Gasteiger partial charge on any atom is -0.454 e. The van der Waals surface area contributed by atoms with Crippen molar-refractivity contribution in [3.05, 3.63) is 40.6 Å². The first-order chi connectivity index (χ1) is 11.7. The highest BCUT2D eigenvalue weighted by Crippen LogP contribution is 2.39. The van der Waals surface area contributed by atoms with Crippen LogP contribution in [0.2, 0.25) is 0 Å². The molecule has 2 aromatic heterocycles. The average molecular weight is 386 g/mol. The van der Waals surface area contributed by atoms with Crippen LogP contribution in [0.1, 0.15) is 24.6 Å². The van der Waals surface area contributed by atoms with Gasteiger partial charge in [-0.2, -0.15) is 0 Å². The number of nitrogens with one attached hydrogen (secondary N) is 1. The smallest absolute Gasteiger partial charge is 0.160 e. The van der Waals surface area contributed by atoms with Gasteiger partial charge in [-0.05, 0) is 59.0 Å². The molecule has 1 aromatic carbocycles. The van der Waals surface area contributed by atoms with Crippen molar-refractivity contribution < 1.29 is 9.84 Å². The fraction of sp³-hybridized carbons (Fsp3) is 0.278. The maximum absolute atomic E-state index is 9.88. The number of hydrogen-bond donors (Lipinski definition) is 2. The molecule has 0 spiro atoms. The van der Waals surface area contributed by atoms with Crippen LogP contribution in [0.25, 0.3) is 11.0 Å². The van der Waals surface area contributed by atoms with Crippen LogP contribution in [0.5, 0.6) is 11.5 Å². The third-order valence-corrected chi connectivity index (χ3v) is 4.98. The third-order valence-electron chi connectivity index (χ3n) is 4.20. The molecule has 1 atom stereocenters. The Bertz CT molecular complexity index is 934. The van der Waals surface area contributed by atoms with E-state index in [2.05, 4.69) is 36.6 Å². The number of fused-ring (bicyclic) bond motifs is 1. The zero-order valence-electron chi connectivity index (χ0n) is 12.9. The van der Waals surface area contributed by atoms with Gasteiger partial charge in [-0.1, -0.05) is 5.92 Å². The van der Waals surface area contributed by atoms with E-state index in [-0.39, 0.29) is 0 Å². The zero-order chi connectivity index (χ0) is 16.7. The number of aliphatic hydroxyl groups is 1. The monoisotopic (exact) mass is 385 g/mol. The quantitative estimate of drug-likeness (QED) is 0.652. The minimum atomic E-state index is -1.10. The normalized spacial score (nSPS) is 15.4. The Labute approximate surface area is 147 Å². The second-order valence-electron chi connectivity index (χ2n) is 6.00. The average Bonchev–Trinajstić information content (AvgIpc) is 3.40. The number of hydrogen-bond acceptors (Lipinski definition) is 3. The van der Waals surface area contributed by atoms with E-state index in [1.165, 1.54) is 12.8 Å². The van der Waals surface area contributed by atoms with Gasteiger partial charge in [0.2, 0.25) is 0 Å². The van der Waals surface area contributed by atoms with Crippen LogP contribution in [0.15, 0.2) is 34.9 Å². The van der Waals surface area contributed by atoms with Gasteiger partial charge in [0.15, 0.2) is 11.9 Å². The second-order valence-corrected chi connectivity index (χ2v) is 6.79. The van der Waals surface area contributed by atoms with Gasteiger partial charge in [0.1, 0.15) is 11.4 Å². The van der Waals surface area contributed by atoms with Crippen LogP contribution in [0.4, 0.5) is 0 Å². The van der Waals surface area contributed by atoms with E-state index in [9.17, 15) is 5.11 Å². The molecule has 3 aromatic rings. The largest absolute Gasteiger partial charge is 0.454 e. The first kappa shape index (κ1) is 15.3. The van der Waals surface area contributed by atoms with Gasteiger partial charge in [-0.25, -0.2) is 0 Å². The lowest BCUT2D eigenvalue weighted by Gasteiger charge is -2.20. The number of H-pyrrole nitrogens is 1. The first-order valence-corrected chi connectivity index (χ1v) is 8.60. The Hall–Kier alpha value is -2.23. The number of halogens is 1. The zero-order valence-corrected chi connectivity index (χ0v) is 14.5. The summed E-state index contributed by atoms with van der Waals surface area (Å²) < 4.78 is 8.95. The highest BCUT2D eigenvalue weighted by atomic mass is 79.9. The van der Waals surface area contributed by atoms with Gasteiger partial charge < -0.3 is 9.84 Å². The summed E-state index contributed by atoms with van der Waals surface area (Å²) in [6.07, 6.45) is 8.40. The molecule has 2 heterocycles. The van der Waals surface area contributed by atoms with Gasteiger partial charge in [-0.15, -0.1) is 6.42 Å². The number of rotatable bonds is 5. The van der Waals surface area contributed by atoms with Crippen LogP contribution in [-0.4, -0.2) is 19.9 Å². The van der Waals surface area contributed by atoms with Crippen molar-refractivity contribution in [3.8, 4) is 23.8 Å². The van der Waals surface area contributed by atoms with E-state index in [0.29, 0.717) is 17.2 Å². The van der Waals surface area contributed by atoms with Crippen molar-refractivity contribution >= 4 is 27.0 Å². The molecule has 0 bridgehead atoms. The number of benzene rings is 1. The summed E-state index contributed by atoms with van der Waals surface area (Å²) in [5, 5.41) is 13.2. The molecule has 1 aliphatic carbocycles. The molecule has 6 heteroatoms. The predicted octanol–water partition coefficient (Wildman–Crippen LogP) is 4.00. The lowest BCUT2D eigenvalue weighted by Crippen LogP contribution is -2.12. The molecule has 1 saturated carbocycles. The molecule has 24 heavy (non-hydrogen) atoms. The molecule has 0 saturated heterocycles. The van der Waals surface area contributed by atoms with Crippen LogP contribution < -0.4 is 4.74 Å². The van der Waals surface area contributed by atoms with Crippen molar-refractivity contribution in [3.63, 3.8) is 0 Å². The molecule has 1 aliphatic rings. The maximum atomic E-state index is 9.88. The van der Waals surface area contributed by atoms with E-state index >= 15 is 0 Å². The Morgan fingerprint density at radius 3 is 3.00 bits per heavy atom. The molecule has 0 amide bonds. The number of nitrogens with zero attached hydrogens (tertiary/aromatic N) is 2. The summed E-state index contributed by atoms with van der Waals surface area (Å²) in [5.74, 6) is 4.16. The van der Waals surface area contributed by atoms with Crippen LogP contribution in [0, 0.1) is 18.3 Å². The number of pyridine rings is 1. The number of aromatic amines is 1. The van der Waals surface area contributed by atoms with Gasteiger partial charge in [0.25, 0.3) is 0 Å². The van der Waals surface area contributed by atoms with Gasteiger partial charge >= 0.3 is 0 Å². The van der Waals surface area contributed by atoms with E-state index in [1.54, 1.807) is 18.3 Å². The number of aromatic nitrogens is 3. The molecular formula is C18H16BrN3O2. The van der Waals surface area contributed by atoms with Crippen molar-refractivity contribution in [1.82, 2.24) is 14.8 Å². The van der Waals surface area contributed by atoms with Crippen molar-refractivity contribution in [1.29, 1.82) is 0 Å². The van der Waals surface area contributed by atoms with E-state index in [0.717, 1.165) is 28.0 Å². The lowest BCUT2D eigenvalue weighted by molar-refractivity contribution is 0.228. The highest BCUT2D eigenvalue weighted by Gasteiger charge is 2.24. The standard InChI is InChI=1S/C18H16BrN3O2/c1-2-13(23)18-15(4-3-9-20-18)24-14-8-7-12-17(16(14)19)21-22(12)10-11-5-6-11/h1,3-4,7-9,11,13,21,23H,5-6,10H2. The Morgan fingerprint density at radius 1 is 1.42 bits per heavy atom. The fourth-order valence-electron chi connectivity index (χ4n) is 2.69. The topological polar surface area (TPSA) is 63.1 Å². The molecule has 0 radical (unpaired) electrons. The summed E-state index contributed by atoms with van der Waals surface area (Å²) in [6.45, 7) is 1.04. The molecular weight excluding hydrogens is 370 g/mol. The molecule has 0 aliphatic heterocycles. The highest BCUT2D eigenvalue weighted by molar-refractivity contribution is 9.10. The number of aliphatic hydroxyl groups excluding tert-OH is 1. The van der Waals surface area contributed by atoms with Crippen LogP contribution >= 0.6 is 15.9 Å². The maximum Gasteiger partial charge on any atom is 0.160 e. The summed E-state index contributed by atoms with van der Waals surface area (Å²) in [4.78, 5) is 4.12. The Kier molecular flexibility index (Phi) is 3.83. The fourth-order valence-corrected chi connectivity index (χ4v) is 3.20. The van der Waals surface area contributed by atoms with Crippen molar-refractivity contribution in [2.24, 2.45) is 5.92 Å². The Balaban J connectivity index is 1.63. The first-order valence-electron chi connectivity index (χ1n) is 7.81. The van der Waals surface area contributed by atoms with Crippen molar-refractivity contribution in [2.45, 2.75) is 25.5 Å². The van der Waals surface area contributed by atoms with Crippen molar-refractivity contribution in [2.75, 3.05) is 0 Å². The summed E-state index contributed by atoms with van der Waals surface area (Å²) >= 11 is 3.59. The minimum absolute atomic E-state index is 0.331. The predicted molar refractivity (Wildman–Crippen MR) is 94.8 cm³/mol. The number of ether oxygens (including phenoxy) is 1. The Morgan fingerprint density at radius 2 is 2.25 bits per heavy atom. The summed E-state index contributed by atoms with van der Waals surface area (Å²) in [5.41, 5.74) is 2.50. The third kappa shape index (κ3) is 2.70.